The molecular weight excluding hydrogens is 404 g/mol. The van der Waals surface area contributed by atoms with E-state index in [1.807, 2.05) is 32.2 Å². The lowest BCUT2D eigenvalue weighted by molar-refractivity contribution is -0.115. The molecule has 0 atom stereocenters. The molecule has 3 heterocycles. The smallest absolute Gasteiger partial charge is 0.253 e. The minimum absolute atomic E-state index is 0.155. The SMILES string of the molecule is CSc1nc2nc(C)c(CC(=O)Nc3nc4ccc(Cl)cc4s3)c(C)n2n1. The van der Waals surface area contributed by atoms with Gasteiger partial charge in [-0.05, 0) is 38.3 Å². The fourth-order valence-corrected chi connectivity index (χ4v) is 4.30. The number of carbonyl (C=O) groups is 1. The van der Waals surface area contributed by atoms with Gasteiger partial charge in [0.1, 0.15) is 0 Å². The number of thioether (sulfide) groups is 1. The van der Waals surface area contributed by atoms with Crippen molar-refractivity contribution in [3.05, 3.63) is 40.2 Å². The summed E-state index contributed by atoms with van der Waals surface area (Å²) in [6.45, 7) is 3.80. The maximum Gasteiger partial charge on any atom is 0.253 e. The van der Waals surface area contributed by atoms with Crippen molar-refractivity contribution in [2.75, 3.05) is 11.6 Å². The first-order valence-electron chi connectivity index (χ1n) is 8.07. The molecule has 10 heteroatoms. The van der Waals surface area contributed by atoms with Crippen LogP contribution in [0.5, 0.6) is 0 Å². The van der Waals surface area contributed by atoms with E-state index < -0.39 is 0 Å². The van der Waals surface area contributed by atoms with Crippen LogP contribution in [0.2, 0.25) is 5.02 Å². The number of hydrogen-bond donors (Lipinski definition) is 1. The van der Waals surface area contributed by atoms with Crippen LogP contribution in [-0.2, 0) is 11.2 Å². The summed E-state index contributed by atoms with van der Waals surface area (Å²) < 4.78 is 2.61. The Morgan fingerprint density at radius 1 is 1.30 bits per heavy atom. The highest BCUT2D eigenvalue weighted by atomic mass is 35.5. The fraction of sp³-hybridized carbons (Fsp3) is 0.235. The molecular formula is C17H15ClN6OS2. The molecule has 0 fully saturated rings. The second kappa shape index (κ2) is 7.06. The Labute approximate surface area is 168 Å². The topological polar surface area (TPSA) is 85.1 Å². The van der Waals surface area contributed by atoms with Crippen LogP contribution in [0.3, 0.4) is 0 Å². The van der Waals surface area contributed by atoms with Gasteiger partial charge in [0.15, 0.2) is 5.13 Å². The van der Waals surface area contributed by atoms with E-state index >= 15 is 0 Å². The van der Waals surface area contributed by atoms with Crippen LogP contribution >= 0.6 is 34.7 Å². The molecule has 0 spiro atoms. The molecule has 0 radical (unpaired) electrons. The van der Waals surface area contributed by atoms with Crippen LogP contribution in [0.25, 0.3) is 16.0 Å². The number of carbonyl (C=O) groups excluding carboxylic acids is 1. The van der Waals surface area contributed by atoms with E-state index in [1.54, 1.807) is 10.6 Å². The standard InChI is InChI=1S/C17H15ClN6OS2/c1-8-11(9(2)24-15(19-8)22-17(23-24)26-3)7-14(25)21-16-20-12-5-4-10(18)6-13(12)27-16/h4-6H,7H2,1-3H3,(H,20,21,25). The number of fused-ring (bicyclic) bond motifs is 2. The van der Waals surface area contributed by atoms with Crippen LogP contribution in [0.15, 0.2) is 23.4 Å². The molecule has 0 saturated heterocycles. The molecule has 0 aliphatic carbocycles. The molecule has 4 aromatic rings. The molecule has 0 bridgehead atoms. The summed E-state index contributed by atoms with van der Waals surface area (Å²) >= 11 is 8.85. The van der Waals surface area contributed by atoms with E-state index in [1.165, 1.54) is 23.1 Å². The summed E-state index contributed by atoms with van der Waals surface area (Å²) in [5.41, 5.74) is 3.27. The third kappa shape index (κ3) is 3.50. The Kier molecular flexibility index (Phi) is 4.75. The summed E-state index contributed by atoms with van der Waals surface area (Å²) in [5.74, 6) is 0.388. The highest BCUT2D eigenvalue weighted by molar-refractivity contribution is 7.98. The van der Waals surface area contributed by atoms with Crippen LogP contribution < -0.4 is 5.32 Å². The molecule has 1 aromatic carbocycles. The van der Waals surface area contributed by atoms with Crippen molar-refractivity contribution in [2.24, 2.45) is 0 Å². The molecule has 0 unspecified atom stereocenters. The average Bonchev–Trinajstić information content (AvgIpc) is 3.21. The van der Waals surface area contributed by atoms with Crippen molar-refractivity contribution < 1.29 is 4.79 Å². The zero-order valence-electron chi connectivity index (χ0n) is 14.8. The Morgan fingerprint density at radius 2 is 2.11 bits per heavy atom. The van der Waals surface area contributed by atoms with Gasteiger partial charge in [0.05, 0.1) is 16.6 Å². The summed E-state index contributed by atoms with van der Waals surface area (Å²) in [6.07, 6.45) is 2.10. The Bertz CT molecular complexity index is 1190. The summed E-state index contributed by atoms with van der Waals surface area (Å²) in [4.78, 5) is 25.8. The summed E-state index contributed by atoms with van der Waals surface area (Å²) in [6, 6.07) is 5.46. The molecule has 0 saturated carbocycles. The lowest BCUT2D eigenvalue weighted by Crippen LogP contribution is -2.17. The quantitative estimate of drug-likeness (QED) is 0.506. The third-order valence-electron chi connectivity index (χ3n) is 4.15. The van der Waals surface area contributed by atoms with Crippen LogP contribution in [-0.4, -0.2) is 36.7 Å². The molecule has 7 nitrogen and oxygen atoms in total. The van der Waals surface area contributed by atoms with Crippen molar-refractivity contribution in [1.82, 2.24) is 24.6 Å². The van der Waals surface area contributed by atoms with Gasteiger partial charge >= 0.3 is 0 Å². The number of anilines is 1. The number of aryl methyl sites for hydroxylation is 2. The van der Waals surface area contributed by atoms with E-state index in [0.717, 1.165) is 27.2 Å². The van der Waals surface area contributed by atoms with Crippen molar-refractivity contribution in [1.29, 1.82) is 0 Å². The highest BCUT2D eigenvalue weighted by Crippen LogP contribution is 2.28. The molecule has 27 heavy (non-hydrogen) atoms. The van der Waals surface area contributed by atoms with Crippen LogP contribution in [0, 0.1) is 13.8 Å². The molecule has 4 rings (SSSR count). The molecule has 1 amide bonds. The van der Waals surface area contributed by atoms with Gasteiger partial charge in [-0.2, -0.15) is 4.98 Å². The molecule has 0 aliphatic rings. The predicted octanol–water partition coefficient (Wildman–Crippen LogP) is 3.91. The number of halogens is 1. The number of thiazole rings is 1. The Balaban J connectivity index is 1.59. The first-order chi connectivity index (χ1) is 12.9. The van der Waals surface area contributed by atoms with Gasteiger partial charge in [-0.25, -0.2) is 14.5 Å². The van der Waals surface area contributed by atoms with Gasteiger partial charge in [0.2, 0.25) is 11.1 Å². The fourth-order valence-electron chi connectivity index (χ4n) is 2.81. The minimum Gasteiger partial charge on any atom is -0.302 e. The highest BCUT2D eigenvalue weighted by Gasteiger charge is 2.17. The normalized spacial score (nSPS) is 11.4. The van der Waals surface area contributed by atoms with Crippen molar-refractivity contribution >= 4 is 61.7 Å². The van der Waals surface area contributed by atoms with Gasteiger partial charge in [0.25, 0.3) is 5.78 Å². The van der Waals surface area contributed by atoms with E-state index in [9.17, 15) is 4.79 Å². The van der Waals surface area contributed by atoms with Gasteiger partial charge in [-0.3, -0.25) is 4.79 Å². The van der Waals surface area contributed by atoms with E-state index in [-0.39, 0.29) is 12.3 Å². The zero-order chi connectivity index (χ0) is 19.1. The van der Waals surface area contributed by atoms with E-state index in [4.69, 9.17) is 11.6 Å². The first-order valence-corrected chi connectivity index (χ1v) is 10.5. The first kappa shape index (κ1) is 18.1. The second-order valence-electron chi connectivity index (χ2n) is 5.93. The average molecular weight is 419 g/mol. The lowest BCUT2D eigenvalue weighted by Gasteiger charge is -2.09. The number of rotatable bonds is 4. The largest absolute Gasteiger partial charge is 0.302 e. The number of aromatic nitrogens is 5. The van der Waals surface area contributed by atoms with Crippen LogP contribution in [0.1, 0.15) is 17.0 Å². The Hall–Kier alpha value is -2.23. The second-order valence-corrected chi connectivity index (χ2v) is 8.17. The molecule has 0 aliphatic heterocycles. The summed E-state index contributed by atoms with van der Waals surface area (Å²) in [5, 5.41) is 9.12. The number of benzene rings is 1. The van der Waals surface area contributed by atoms with Crippen molar-refractivity contribution in [2.45, 2.75) is 25.4 Å². The zero-order valence-corrected chi connectivity index (χ0v) is 17.2. The maximum absolute atomic E-state index is 12.6. The number of amides is 1. The van der Waals surface area contributed by atoms with E-state index in [0.29, 0.717) is 21.1 Å². The molecule has 1 N–H and O–H groups in total. The Morgan fingerprint density at radius 3 is 2.89 bits per heavy atom. The lowest BCUT2D eigenvalue weighted by atomic mass is 10.1. The van der Waals surface area contributed by atoms with Crippen molar-refractivity contribution in [3.8, 4) is 0 Å². The van der Waals surface area contributed by atoms with E-state index in [2.05, 4.69) is 25.4 Å². The minimum atomic E-state index is -0.155. The molecule has 138 valence electrons. The number of nitrogens with zero attached hydrogens (tertiary/aromatic N) is 5. The third-order valence-corrected chi connectivity index (χ3v) is 5.85. The number of hydrogen-bond acceptors (Lipinski definition) is 7. The molecule has 3 aromatic heterocycles. The predicted molar refractivity (Wildman–Crippen MR) is 109 cm³/mol. The monoisotopic (exact) mass is 418 g/mol. The summed E-state index contributed by atoms with van der Waals surface area (Å²) in [7, 11) is 0. The maximum atomic E-state index is 12.6. The van der Waals surface area contributed by atoms with Crippen molar-refractivity contribution in [3.63, 3.8) is 0 Å². The van der Waals surface area contributed by atoms with Gasteiger partial charge in [-0.15, -0.1) is 5.10 Å². The van der Waals surface area contributed by atoms with Crippen LogP contribution in [0.4, 0.5) is 5.13 Å². The van der Waals surface area contributed by atoms with Gasteiger partial charge < -0.3 is 5.32 Å². The van der Waals surface area contributed by atoms with Gasteiger partial charge in [0, 0.05) is 22.0 Å². The number of nitrogens with one attached hydrogen (secondary N) is 1. The van der Waals surface area contributed by atoms with Gasteiger partial charge in [-0.1, -0.05) is 34.7 Å².